The fourth-order valence-corrected chi connectivity index (χ4v) is 2.68. The number of nitrogens with zero attached hydrogens (tertiary/aromatic N) is 1. The summed E-state index contributed by atoms with van der Waals surface area (Å²) in [5.41, 5.74) is 5.38. The van der Waals surface area contributed by atoms with Crippen LogP contribution in [0.3, 0.4) is 0 Å². The summed E-state index contributed by atoms with van der Waals surface area (Å²) in [4.78, 5) is 13.9. The number of amides is 1. The third kappa shape index (κ3) is 2.08. The van der Waals surface area contributed by atoms with Gasteiger partial charge in [0, 0.05) is 38.1 Å². The van der Waals surface area contributed by atoms with Crippen LogP contribution in [0, 0.1) is 11.3 Å². The summed E-state index contributed by atoms with van der Waals surface area (Å²) in [6.07, 6.45) is 0.885. The Morgan fingerprint density at radius 1 is 1.53 bits per heavy atom. The molecule has 1 amide bonds. The molecule has 0 saturated heterocycles. The molecular weight excluding hydrogens is 216 g/mol. The quantitative estimate of drug-likeness (QED) is 0.807. The van der Waals surface area contributed by atoms with E-state index < -0.39 is 0 Å². The molecular formula is C13H26N2O2. The Labute approximate surface area is 104 Å². The maximum absolute atomic E-state index is 12.1. The van der Waals surface area contributed by atoms with Gasteiger partial charge in [-0.15, -0.1) is 0 Å². The van der Waals surface area contributed by atoms with Gasteiger partial charge < -0.3 is 15.4 Å². The maximum atomic E-state index is 12.1. The number of carbonyl (C=O) groups is 1. The highest BCUT2D eigenvalue weighted by Crippen LogP contribution is 2.53. The van der Waals surface area contributed by atoms with E-state index in [0.29, 0.717) is 6.54 Å². The summed E-state index contributed by atoms with van der Waals surface area (Å²) in [7, 11) is 3.61. The lowest BCUT2D eigenvalue weighted by atomic mass is 9.55. The van der Waals surface area contributed by atoms with E-state index in [2.05, 4.69) is 20.8 Å². The van der Waals surface area contributed by atoms with Crippen LogP contribution in [0.1, 0.15) is 34.1 Å². The molecule has 0 aromatic heterocycles. The molecule has 0 spiro atoms. The topological polar surface area (TPSA) is 55.6 Å². The molecule has 0 heterocycles. The predicted octanol–water partition coefficient (Wildman–Crippen LogP) is 1.24. The van der Waals surface area contributed by atoms with Crippen LogP contribution in [-0.2, 0) is 9.53 Å². The number of hydrogen-bond donors (Lipinski definition) is 1. The van der Waals surface area contributed by atoms with Gasteiger partial charge in [-0.3, -0.25) is 4.79 Å². The molecule has 0 radical (unpaired) electrons. The zero-order valence-corrected chi connectivity index (χ0v) is 11.9. The van der Waals surface area contributed by atoms with Gasteiger partial charge in [-0.1, -0.05) is 20.8 Å². The molecule has 1 aliphatic rings. The molecule has 3 atom stereocenters. The van der Waals surface area contributed by atoms with Crippen LogP contribution in [-0.4, -0.2) is 43.2 Å². The van der Waals surface area contributed by atoms with E-state index in [0.717, 1.165) is 6.42 Å². The van der Waals surface area contributed by atoms with Crippen LogP contribution in [0.25, 0.3) is 0 Å². The Balaban J connectivity index is 2.75. The van der Waals surface area contributed by atoms with Gasteiger partial charge in [0.05, 0.1) is 5.60 Å². The number of carbonyl (C=O) groups excluding carboxylic acids is 1. The fraction of sp³-hybridized carbons (Fsp3) is 0.923. The third-order valence-corrected chi connectivity index (χ3v) is 4.82. The normalized spacial score (nSPS) is 32.8. The van der Waals surface area contributed by atoms with Gasteiger partial charge in [-0.2, -0.15) is 0 Å². The van der Waals surface area contributed by atoms with E-state index >= 15 is 0 Å². The first-order valence-electron chi connectivity index (χ1n) is 6.23. The molecule has 0 aliphatic heterocycles. The van der Waals surface area contributed by atoms with Crippen molar-refractivity contribution in [3.63, 3.8) is 0 Å². The molecule has 3 unspecified atom stereocenters. The summed E-state index contributed by atoms with van der Waals surface area (Å²) in [5.74, 6) is 0.0222. The first kappa shape index (κ1) is 14.5. The zero-order chi connectivity index (χ0) is 13.4. The molecule has 1 saturated carbocycles. The predicted molar refractivity (Wildman–Crippen MR) is 68.6 cm³/mol. The fourth-order valence-electron chi connectivity index (χ4n) is 2.68. The average Bonchev–Trinajstić information content (AvgIpc) is 2.32. The number of methoxy groups -OCH3 is 1. The van der Waals surface area contributed by atoms with Crippen molar-refractivity contribution in [1.29, 1.82) is 0 Å². The minimum Gasteiger partial charge on any atom is -0.378 e. The Morgan fingerprint density at radius 2 is 2.06 bits per heavy atom. The molecule has 0 bridgehead atoms. The van der Waals surface area contributed by atoms with Crippen molar-refractivity contribution in [2.24, 2.45) is 17.1 Å². The van der Waals surface area contributed by atoms with Crippen molar-refractivity contribution in [2.45, 2.75) is 45.8 Å². The monoisotopic (exact) mass is 242 g/mol. The van der Waals surface area contributed by atoms with Crippen LogP contribution in [0.2, 0.25) is 0 Å². The molecule has 4 heteroatoms. The number of rotatable bonds is 4. The summed E-state index contributed by atoms with van der Waals surface area (Å²) < 4.78 is 5.57. The lowest BCUT2D eigenvalue weighted by Crippen LogP contribution is -2.69. The number of hydrogen-bond acceptors (Lipinski definition) is 3. The van der Waals surface area contributed by atoms with Crippen molar-refractivity contribution in [3.8, 4) is 0 Å². The molecule has 4 nitrogen and oxygen atoms in total. The highest BCUT2D eigenvalue weighted by atomic mass is 16.5. The van der Waals surface area contributed by atoms with E-state index in [4.69, 9.17) is 10.5 Å². The van der Waals surface area contributed by atoms with Gasteiger partial charge >= 0.3 is 0 Å². The standard InChI is InChI=1S/C13H26N2O2/c1-9(8-14)11(16)15(5)10-7-13(4,17-6)12(10,2)3/h9-10H,7-8,14H2,1-6H3. The molecule has 2 N–H and O–H groups in total. The second kappa shape index (κ2) is 4.58. The molecule has 100 valence electrons. The third-order valence-electron chi connectivity index (χ3n) is 4.82. The van der Waals surface area contributed by atoms with E-state index in [-0.39, 0.29) is 28.9 Å². The molecule has 1 fully saturated rings. The summed E-state index contributed by atoms with van der Waals surface area (Å²) in [6.45, 7) is 8.69. The summed E-state index contributed by atoms with van der Waals surface area (Å²) in [5, 5.41) is 0. The zero-order valence-electron chi connectivity index (χ0n) is 11.9. The van der Waals surface area contributed by atoms with Gasteiger partial charge in [0.25, 0.3) is 0 Å². The van der Waals surface area contributed by atoms with Crippen LogP contribution < -0.4 is 5.73 Å². The SMILES string of the molecule is COC1(C)CC(N(C)C(=O)C(C)CN)C1(C)C. The minimum absolute atomic E-state index is 0.0273. The highest BCUT2D eigenvalue weighted by molar-refractivity contribution is 5.79. The van der Waals surface area contributed by atoms with Gasteiger partial charge in [0.2, 0.25) is 5.91 Å². The van der Waals surface area contributed by atoms with E-state index in [1.807, 2.05) is 18.9 Å². The smallest absolute Gasteiger partial charge is 0.226 e. The van der Waals surface area contributed by atoms with Crippen LogP contribution in [0.15, 0.2) is 0 Å². The number of nitrogens with two attached hydrogens (primary N) is 1. The lowest BCUT2D eigenvalue weighted by Gasteiger charge is -2.61. The van der Waals surface area contributed by atoms with Crippen molar-refractivity contribution < 1.29 is 9.53 Å². The minimum atomic E-state index is -0.141. The van der Waals surface area contributed by atoms with Crippen molar-refractivity contribution in [2.75, 3.05) is 20.7 Å². The molecule has 17 heavy (non-hydrogen) atoms. The Kier molecular flexibility index (Phi) is 3.89. The molecule has 1 rings (SSSR count). The second-order valence-corrected chi connectivity index (χ2v) is 5.96. The van der Waals surface area contributed by atoms with E-state index in [1.54, 1.807) is 7.11 Å². The molecule has 1 aliphatic carbocycles. The lowest BCUT2D eigenvalue weighted by molar-refractivity contribution is -0.208. The number of ether oxygens (including phenoxy) is 1. The van der Waals surface area contributed by atoms with Crippen molar-refractivity contribution in [1.82, 2.24) is 4.90 Å². The Hall–Kier alpha value is -0.610. The van der Waals surface area contributed by atoms with Crippen molar-refractivity contribution >= 4 is 5.91 Å². The second-order valence-electron chi connectivity index (χ2n) is 5.96. The summed E-state index contributed by atoms with van der Waals surface area (Å²) >= 11 is 0. The summed E-state index contributed by atoms with van der Waals surface area (Å²) in [6, 6.07) is 0.231. The first-order chi connectivity index (χ1) is 7.71. The van der Waals surface area contributed by atoms with E-state index in [9.17, 15) is 4.79 Å². The van der Waals surface area contributed by atoms with Crippen LogP contribution in [0.5, 0.6) is 0 Å². The largest absolute Gasteiger partial charge is 0.378 e. The Bertz CT molecular complexity index is 304. The Morgan fingerprint density at radius 3 is 2.41 bits per heavy atom. The first-order valence-corrected chi connectivity index (χ1v) is 6.23. The van der Waals surface area contributed by atoms with Gasteiger partial charge in [0.15, 0.2) is 0 Å². The van der Waals surface area contributed by atoms with Crippen molar-refractivity contribution in [3.05, 3.63) is 0 Å². The maximum Gasteiger partial charge on any atom is 0.226 e. The van der Waals surface area contributed by atoms with Crippen LogP contribution >= 0.6 is 0 Å². The van der Waals surface area contributed by atoms with Gasteiger partial charge in [-0.05, 0) is 13.3 Å². The molecule has 0 aromatic rings. The van der Waals surface area contributed by atoms with Gasteiger partial charge in [-0.25, -0.2) is 0 Å². The average molecular weight is 242 g/mol. The molecule has 0 aromatic carbocycles. The highest BCUT2D eigenvalue weighted by Gasteiger charge is 2.59. The van der Waals surface area contributed by atoms with E-state index in [1.165, 1.54) is 0 Å². The van der Waals surface area contributed by atoms with Gasteiger partial charge in [0.1, 0.15) is 0 Å². The van der Waals surface area contributed by atoms with Crippen LogP contribution in [0.4, 0.5) is 0 Å².